The molecule has 0 fully saturated rings. The number of halogens is 1. The Morgan fingerprint density at radius 3 is 3.00 bits per heavy atom. The van der Waals surface area contributed by atoms with E-state index in [1.807, 2.05) is 12.1 Å². The van der Waals surface area contributed by atoms with Crippen LogP contribution in [0.2, 0.25) is 0 Å². The SMILES string of the molecule is O=CC1Cc2ccccc2N1CCBr. The highest BCUT2D eigenvalue weighted by Crippen LogP contribution is 2.30. The molecule has 0 amide bonds. The van der Waals surface area contributed by atoms with Crippen LogP contribution in [-0.4, -0.2) is 24.2 Å². The van der Waals surface area contributed by atoms with Gasteiger partial charge in [0.1, 0.15) is 6.29 Å². The Morgan fingerprint density at radius 1 is 1.50 bits per heavy atom. The lowest BCUT2D eigenvalue weighted by molar-refractivity contribution is -0.108. The molecule has 1 aliphatic rings. The van der Waals surface area contributed by atoms with Crippen LogP contribution >= 0.6 is 15.9 Å². The molecule has 1 atom stereocenters. The Hall–Kier alpha value is -0.830. The van der Waals surface area contributed by atoms with Gasteiger partial charge in [0, 0.05) is 24.0 Å². The molecular formula is C11H12BrNO. The lowest BCUT2D eigenvalue weighted by Crippen LogP contribution is -2.34. The number of rotatable bonds is 3. The number of carbonyl (C=O) groups excluding carboxylic acids is 1. The number of para-hydroxylation sites is 1. The van der Waals surface area contributed by atoms with Crippen molar-refractivity contribution >= 4 is 27.9 Å². The molecule has 0 aliphatic carbocycles. The van der Waals surface area contributed by atoms with E-state index in [-0.39, 0.29) is 6.04 Å². The maximum atomic E-state index is 10.9. The number of hydrogen-bond acceptors (Lipinski definition) is 2. The van der Waals surface area contributed by atoms with Crippen molar-refractivity contribution < 1.29 is 4.79 Å². The Balaban J connectivity index is 2.31. The van der Waals surface area contributed by atoms with E-state index >= 15 is 0 Å². The number of nitrogens with zero attached hydrogens (tertiary/aromatic N) is 1. The Kier molecular flexibility index (Phi) is 2.87. The van der Waals surface area contributed by atoms with Crippen molar-refractivity contribution in [3.05, 3.63) is 29.8 Å². The van der Waals surface area contributed by atoms with Crippen LogP contribution in [0.4, 0.5) is 5.69 Å². The maximum absolute atomic E-state index is 10.9. The molecule has 0 aromatic heterocycles. The minimum atomic E-state index is 0.0324. The van der Waals surface area contributed by atoms with E-state index < -0.39 is 0 Å². The van der Waals surface area contributed by atoms with E-state index in [9.17, 15) is 4.79 Å². The summed E-state index contributed by atoms with van der Waals surface area (Å²) in [5.41, 5.74) is 2.50. The summed E-state index contributed by atoms with van der Waals surface area (Å²) >= 11 is 3.41. The van der Waals surface area contributed by atoms with E-state index in [0.29, 0.717) is 0 Å². The van der Waals surface area contributed by atoms with Gasteiger partial charge in [-0.2, -0.15) is 0 Å². The van der Waals surface area contributed by atoms with Gasteiger partial charge in [-0.3, -0.25) is 0 Å². The molecule has 1 unspecified atom stereocenters. The van der Waals surface area contributed by atoms with Crippen LogP contribution in [-0.2, 0) is 11.2 Å². The van der Waals surface area contributed by atoms with Crippen molar-refractivity contribution in [2.24, 2.45) is 0 Å². The van der Waals surface area contributed by atoms with Crippen molar-refractivity contribution in [2.75, 3.05) is 16.8 Å². The molecule has 0 radical (unpaired) electrons. The second-order valence-corrected chi connectivity index (χ2v) is 4.21. The van der Waals surface area contributed by atoms with Crippen LogP contribution in [0.5, 0.6) is 0 Å². The van der Waals surface area contributed by atoms with Crippen molar-refractivity contribution in [1.82, 2.24) is 0 Å². The van der Waals surface area contributed by atoms with E-state index in [1.165, 1.54) is 11.3 Å². The lowest BCUT2D eigenvalue weighted by atomic mass is 10.1. The van der Waals surface area contributed by atoms with Gasteiger partial charge in [-0.15, -0.1) is 0 Å². The summed E-state index contributed by atoms with van der Waals surface area (Å²) in [6.07, 6.45) is 1.90. The van der Waals surface area contributed by atoms with Crippen LogP contribution < -0.4 is 4.90 Å². The van der Waals surface area contributed by atoms with Gasteiger partial charge in [0.15, 0.2) is 0 Å². The van der Waals surface area contributed by atoms with Gasteiger partial charge in [-0.05, 0) is 11.6 Å². The molecule has 2 nitrogen and oxygen atoms in total. The van der Waals surface area contributed by atoms with E-state index in [1.54, 1.807) is 0 Å². The fourth-order valence-corrected chi connectivity index (χ4v) is 2.36. The molecule has 0 saturated carbocycles. The van der Waals surface area contributed by atoms with Crippen molar-refractivity contribution in [2.45, 2.75) is 12.5 Å². The standard InChI is InChI=1S/C11H12BrNO/c12-5-6-13-10(8-14)7-9-3-1-2-4-11(9)13/h1-4,8,10H,5-7H2. The van der Waals surface area contributed by atoms with Crippen LogP contribution in [0.15, 0.2) is 24.3 Å². The molecular weight excluding hydrogens is 242 g/mol. The van der Waals surface area contributed by atoms with Gasteiger partial charge in [-0.1, -0.05) is 34.1 Å². The third-order valence-corrected chi connectivity index (χ3v) is 2.97. The van der Waals surface area contributed by atoms with Crippen LogP contribution in [0.25, 0.3) is 0 Å². The Bertz CT molecular complexity index is 340. The van der Waals surface area contributed by atoms with Gasteiger partial charge in [-0.25, -0.2) is 0 Å². The largest absolute Gasteiger partial charge is 0.360 e. The third-order valence-electron chi connectivity index (χ3n) is 2.61. The lowest BCUT2D eigenvalue weighted by Gasteiger charge is -2.22. The molecule has 0 saturated heterocycles. The number of benzene rings is 1. The van der Waals surface area contributed by atoms with Gasteiger partial charge in [0.05, 0.1) is 6.04 Å². The van der Waals surface area contributed by atoms with Crippen LogP contribution in [0.1, 0.15) is 5.56 Å². The summed E-state index contributed by atoms with van der Waals surface area (Å²) in [6, 6.07) is 8.26. The molecule has 1 aliphatic heterocycles. The number of carbonyl (C=O) groups is 1. The van der Waals surface area contributed by atoms with Crippen LogP contribution in [0, 0.1) is 0 Å². The first-order valence-corrected chi connectivity index (χ1v) is 5.84. The summed E-state index contributed by atoms with van der Waals surface area (Å²) in [7, 11) is 0. The summed E-state index contributed by atoms with van der Waals surface area (Å²) in [5.74, 6) is 0. The summed E-state index contributed by atoms with van der Waals surface area (Å²) in [6.45, 7) is 0.889. The third kappa shape index (κ3) is 1.57. The first-order chi connectivity index (χ1) is 6.86. The smallest absolute Gasteiger partial charge is 0.142 e. The van der Waals surface area contributed by atoms with Gasteiger partial charge < -0.3 is 9.69 Å². The quantitative estimate of drug-likeness (QED) is 0.607. The normalized spacial score (nSPS) is 19.5. The molecule has 3 heteroatoms. The first-order valence-electron chi connectivity index (χ1n) is 4.72. The summed E-state index contributed by atoms with van der Waals surface area (Å²) in [5, 5.41) is 0.895. The zero-order valence-electron chi connectivity index (χ0n) is 7.82. The number of fused-ring (bicyclic) bond motifs is 1. The zero-order chi connectivity index (χ0) is 9.97. The highest BCUT2D eigenvalue weighted by atomic mass is 79.9. The number of anilines is 1. The van der Waals surface area contributed by atoms with E-state index in [4.69, 9.17) is 0 Å². The van der Waals surface area contributed by atoms with Crippen molar-refractivity contribution in [3.63, 3.8) is 0 Å². The molecule has 1 aromatic rings. The minimum absolute atomic E-state index is 0.0324. The maximum Gasteiger partial charge on any atom is 0.142 e. The van der Waals surface area contributed by atoms with Gasteiger partial charge in [0.25, 0.3) is 0 Å². The van der Waals surface area contributed by atoms with Gasteiger partial charge in [0.2, 0.25) is 0 Å². The molecule has 14 heavy (non-hydrogen) atoms. The fourth-order valence-electron chi connectivity index (χ4n) is 1.98. The molecule has 1 aromatic carbocycles. The Morgan fingerprint density at radius 2 is 2.29 bits per heavy atom. The minimum Gasteiger partial charge on any atom is -0.360 e. The van der Waals surface area contributed by atoms with Crippen molar-refractivity contribution in [3.8, 4) is 0 Å². The Labute approximate surface area is 92.0 Å². The first kappa shape index (κ1) is 9.71. The predicted octanol–water partition coefficient (Wildman–Crippen LogP) is 2.01. The molecule has 0 bridgehead atoms. The van der Waals surface area contributed by atoms with Gasteiger partial charge >= 0.3 is 0 Å². The fraction of sp³-hybridized carbons (Fsp3) is 0.364. The number of hydrogen-bond donors (Lipinski definition) is 0. The molecule has 74 valence electrons. The summed E-state index contributed by atoms with van der Waals surface area (Å²) < 4.78 is 0. The molecule has 0 spiro atoms. The number of aldehydes is 1. The van der Waals surface area contributed by atoms with E-state index in [0.717, 1.165) is 24.6 Å². The topological polar surface area (TPSA) is 20.3 Å². The summed E-state index contributed by atoms with van der Waals surface area (Å²) in [4.78, 5) is 13.1. The van der Waals surface area contributed by atoms with E-state index in [2.05, 4.69) is 33.0 Å². The van der Waals surface area contributed by atoms with Crippen molar-refractivity contribution in [1.29, 1.82) is 0 Å². The molecule has 1 heterocycles. The predicted molar refractivity (Wildman–Crippen MR) is 61.1 cm³/mol. The average molecular weight is 254 g/mol. The highest BCUT2D eigenvalue weighted by molar-refractivity contribution is 9.09. The second kappa shape index (κ2) is 4.13. The zero-order valence-corrected chi connectivity index (χ0v) is 9.40. The molecule has 2 rings (SSSR count). The monoisotopic (exact) mass is 253 g/mol. The second-order valence-electron chi connectivity index (χ2n) is 3.42. The average Bonchev–Trinajstić information content (AvgIpc) is 2.58. The molecule has 0 N–H and O–H groups in total. The number of alkyl halides is 1. The van der Waals surface area contributed by atoms with Crippen LogP contribution in [0.3, 0.4) is 0 Å². The highest BCUT2D eigenvalue weighted by Gasteiger charge is 2.27.